The van der Waals surface area contributed by atoms with Gasteiger partial charge in [0.05, 0.1) is 0 Å². The van der Waals surface area contributed by atoms with Gasteiger partial charge in [0.1, 0.15) is 0 Å². The highest BCUT2D eigenvalue weighted by Gasteiger charge is 2.08. The minimum absolute atomic E-state index is 0.0531. The second-order valence-corrected chi connectivity index (χ2v) is 7.67. The Morgan fingerprint density at radius 1 is 0.643 bits per heavy atom. The largest absolute Gasteiger partial charge is 0.370 e. The van der Waals surface area contributed by atoms with Gasteiger partial charge in [-0.1, -0.05) is 96.8 Å². The van der Waals surface area contributed by atoms with E-state index in [9.17, 15) is 14.4 Å². The van der Waals surface area contributed by atoms with Gasteiger partial charge in [-0.2, -0.15) is 5.48 Å². The number of hydrogen-bond donors (Lipinski definition) is 2. The molecule has 0 aliphatic carbocycles. The lowest BCUT2D eigenvalue weighted by Crippen LogP contribution is -2.28. The monoisotopic (exact) mass is 398 g/mol. The zero-order valence-corrected chi connectivity index (χ0v) is 17.9. The van der Waals surface area contributed by atoms with E-state index >= 15 is 0 Å². The van der Waals surface area contributed by atoms with Crippen LogP contribution in [0.15, 0.2) is 0 Å². The molecule has 0 aliphatic heterocycles. The maximum atomic E-state index is 11.5. The van der Waals surface area contributed by atoms with Crippen molar-refractivity contribution in [2.45, 2.75) is 122 Å². The fraction of sp³-hybridized carbons (Fsp3) is 0.864. The summed E-state index contributed by atoms with van der Waals surface area (Å²) in [5.41, 5.74) is 6.98. The second-order valence-electron chi connectivity index (χ2n) is 7.67. The van der Waals surface area contributed by atoms with Gasteiger partial charge in [0.25, 0.3) is 5.91 Å². The fourth-order valence-electron chi connectivity index (χ4n) is 3.09. The predicted octanol–water partition coefficient (Wildman–Crippen LogP) is 5.09. The zero-order chi connectivity index (χ0) is 20.9. The van der Waals surface area contributed by atoms with Gasteiger partial charge in [-0.25, -0.2) is 4.79 Å². The van der Waals surface area contributed by atoms with Crippen LogP contribution in [0.2, 0.25) is 0 Å². The van der Waals surface area contributed by atoms with Gasteiger partial charge in [-0.3, -0.25) is 9.59 Å². The molecule has 0 spiro atoms. The summed E-state index contributed by atoms with van der Waals surface area (Å²) in [5, 5.41) is 0. The quantitative estimate of drug-likeness (QED) is 0.234. The van der Waals surface area contributed by atoms with Crippen molar-refractivity contribution in [2.75, 3.05) is 0 Å². The normalized spacial score (nSPS) is 10.6. The molecule has 0 aromatic carbocycles. The van der Waals surface area contributed by atoms with Crippen LogP contribution in [0, 0.1) is 0 Å². The van der Waals surface area contributed by atoms with E-state index in [0.717, 1.165) is 19.3 Å². The lowest BCUT2D eigenvalue weighted by molar-refractivity contribution is -0.158. The molecule has 0 saturated carbocycles. The average molecular weight is 399 g/mol. The number of hydrogen-bond acceptors (Lipinski definition) is 4. The summed E-state index contributed by atoms with van der Waals surface area (Å²) in [6.07, 6.45) is 19.3. The summed E-state index contributed by atoms with van der Waals surface area (Å²) in [6.45, 7) is 2.26. The first kappa shape index (κ1) is 26.4. The molecule has 0 fully saturated rings. The summed E-state index contributed by atoms with van der Waals surface area (Å²) in [6, 6.07) is 0. The summed E-state index contributed by atoms with van der Waals surface area (Å²) >= 11 is 0. The van der Waals surface area contributed by atoms with Gasteiger partial charge >= 0.3 is 5.97 Å². The third-order valence-corrected chi connectivity index (χ3v) is 4.86. The molecule has 0 bridgehead atoms. The molecule has 0 aliphatic rings. The van der Waals surface area contributed by atoms with Crippen molar-refractivity contribution in [1.82, 2.24) is 5.48 Å². The Kier molecular flexibility index (Phi) is 19.0. The summed E-state index contributed by atoms with van der Waals surface area (Å²) in [7, 11) is 0. The Morgan fingerprint density at radius 3 is 1.50 bits per heavy atom. The molecule has 2 amide bonds. The van der Waals surface area contributed by atoms with E-state index in [4.69, 9.17) is 5.73 Å². The maximum absolute atomic E-state index is 11.5. The first-order valence-corrected chi connectivity index (χ1v) is 11.3. The number of nitrogens with two attached hydrogens (primary N) is 1. The Hall–Kier alpha value is -1.59. The zero-order valence-electron chi connectivity index (χ0n) is 17.9. The van der Waals surface area contributed by atoms with Crippen LogP contribution < -0.4 is 11.2 Å². The van der Waals surface area contributed by atoms with Gasteiger partial charge in [-0.15, -0.1) is 0 Å². The molecule has 6 nitrogen and oxygen atoms in total. The molecule has 0 aromatic rings. The SMILES string of the molecule is CCCCCCCCCCCCCCCCCC(=O)ONC(=O)CCC(N)=O. The molecule has 0 heterocycles. The van der Waals surface area contributed by atoms with Crippen LogP contribution in [0.3, 0.4) is 0 Å². The summed E-state index contributed by atoms with van der Waals surface area (Å²) < 4.78 is 0. The van der Waals surface area contributed by atoms with E-state index < -0.39 is 17.8 Å². The summed E-state index contributed by atoms with van der Waals surface area (Å²) in [4.78, 5) is 38.0. The maximum Gasteiger partial charge on any atom is 0.332 e. The third-order valence-electron chi connectivity index (χ3n) is 4.86. The Balaban J connectivity index is 3.25. The lowest BCUT2D eigenvalue weighted by atomic mass is 10.0. The standard InChI is InChI=1S/C22H42N2O4/c1-2-3-4-5-6-7-8-9-10-11-12-13-14-15-16-17-22(27)28-24-21(26)19-18-20(23)25/h2-19H2,1H3,(H2,23,25)(H,24,26). The topological polar surface area (TPSA) is 98.5 Å². The highest BCUT2D eigenvalue weighted by molar-refractivity contribution is 5.83. The molecule has 0 aromatic heterocycles. The molecule has 3 N–H and O–H groups in total. The molecule has 6 heteroatoms. The Bertz CT molecular complexity index is 413. The number of primary amides is 1. The number of nitrogens with one attached hydrogen (secondary N) is 1. The van der Waals surface area contributed by atoms with E-state index in [1.54, 1.807) is 0 Å². The van der Waals surface area contributed by atoms with Crippen LogP contribution in [0.25, 0.3) is 0 Å². The number of rotatable bonds is 19. The van der Waals surface area contributed by atoms with Gasteiger partial charge in [0.15, 0.2) is 0 Å². The smallest absolute Gasteiger partial charge is 0.332 e. The number of carbonyl (C=O) groups excluding carboxylic acids is 3. The molecule has 0 rings (SSSR count). The van der Waals surface area contributed by atoms with E-state index in [-0.39, 0.29) is 12.8 Å². The molecule has 0 atom stereocenters. The molecule has 0 radical (unpaired) electrons. The third kappa shape index (κ3) is 20.7. The highest BCUT2D eigenvalue weighted by Crippen LogP contribution is 2.13. The van der Waals surface area contributed by atoms with Crippen LogP contribution in [-0.4, -0.2) is 17.8 Å². The first-order chi connectivity index (χ1) is 13.6. The number of unbranched alkanes of at least 4 members (excludes halogenated alkanes) is 14. The molecule has 28 heavy (non-hydrogen) atoms. The molecule has 0 unspecified atom stereocenters. The minimum atomic E-state index is -0.556. The molecular weight excluding hydrogens is 356 g/mol. The van der Waals surface area contributed by atoms with Crippen molar-refractivity contribution in [1.29, 1.82) is 0 Å². The van der Waals surface area contributed by atoms with E-state index in [1.807, 2.05) is 5.48 Å². The van der Waals surface area contributed by atoms with Crippen LogP contribution in [0.4, 0.5) is 0 Å². The van der Waals surface area contributed by atoms with E-state index in [1.165, 1.54) is 77.0 Å². The van der Waals surface area contributed by atoms with Crippen molar-refractivity contribution in [2.24, 2.45) is 5.73 Å². The number of amides is 2. The number of hydroxylamine groups is 1. The van der Waals surface area contributed by atoms with Crippen LogP contribution in [0.1, 0.15) is 122 Å². The first-order valence-electron chi connectivity index (χ1n) is 11.3. The van der Waals surface area contributed by atoms with E-state index in [0.29, 0.717) is 6.42 Å². The lowest BCUT2D eigenvalue weighted by Gasteiger charge is -2.05. The Labute approximate surface area is 171 Å². The predicted molar refractivity (Wildman–Crippen MR) is 112 cm³/mol. The molecule has 164 valence electrons. The van der Waals surface area contributed by atoms with Crippen molar-refractivity contribution < 1.29 is 19.2 Å². The highest BCUT2D eigenvalue weighted by atomic mass is 16.7. The van der Waals surface area contributed by atoms with Crippen LogP contribution in [-0.2, 0) is 19.2 Å². The van der Waals surface area contributed by atoms with Crippen LogP contribution in [0.5, 0.6) is 0 Å². The Morgan fingerprint density at radius 2 is 1.07 bits per heavy atom. The summed E-state index contributed by atoms with van der Waals surface area (Å²) in [5.74, 6) is -1.51. The van der Waals surface area contributed by atoms with Gasteiger partial charge in [0.2, 0.25) is 5.91 Å². The van der Waals surface area contributed by atoms with Gasteiger partial charge in [-0.05, 0) is 6.42 Å². The molecule has 0 saturated heterocycles. The fourth-order valence-corrected chi connectivity index (χ4v) is 3.09. The van der Waals surface area contributed by atoms with Crippen molar-refractivity contribution >= 4 is 17.8 Å². The second kappa shape index (κ2) is 20.2. The van der Waals surface area contributed by atoms with Crippen molar-refractivity contribution in [3.8, 4) is 0 Å². The van der Waals surface area contributed by atoms with E-state index in [2.05, 4.69) is 11.8 Å². The average Bonchev–Trinajstić information content (AvgIpc) is 2.67. The van der Waals surface area contributed by atoms with Gasteiger partial charge in [0, 0.05) is 19.3 Å². The minimum Gasteiger partial charge on any atom is -0.370 e. The van der Waals surface area contributed by atoms with Gasteiger partial charge < -0.3 is 10.6 Å². The molecular formula is C22H42N2O4. The van der Waals surface area contributed by atoms with Crippen molar-refractivity contribution in [3.05, 3.63) is 0 Å². The number of carbonyl (C=O) groups is 3. The van der Waals surface area contributed by atoms with Crippen molar-refractivity contribution in [3.63, 3.8) is 0 Å². The van der Waals surface area contributed by atoms with Crippen LogP contribution >= 0.6 is 0 Å².